The number of rotatable bonds is 4. The first-order chi connectivity index (χ1) is 12.6. The highest BCUT2D eigenvalue weighted by molar-refractivity contribution is 5.62. The van der Waals surface area contributed by atoms with Crippen molar-refractivity contribution in [2.24, 2.45) is 0 Å². The van der Waals surface area contributed by atoms with Gasteiger partial charge in [-0.1, -0.05) is 12.5 Å². The molecule has 1 radical (unpaired) electrons. The summed E-state index contributed by atoms with van der Waals surface area (Å²) in [5.41, 5.74) is 7.41. The molecule has 2 N–H and O–H groups in total. The summed E-state index contributed by atoms with van der Waals surface area (Å²) in [5.74, 6) is -0.788. The van der Waals surface area contributed by atoms with Gasteiger partial charge >= 0.3 is 0 Å². The molecule has 2 heterocycles. The molecule has 1 fully saturated rings. The van der Waals surface area contributed by atoms with E-state index in [1.165, 1.54) is 18.2 Å². The molecule has 1 aromatic carbocycles. The Kier molecular flexibility index (Phi) is 4.11. The van der Waals surface area contributed by atoms with Crippen molar-refractivity contribution in [3.8, 4) is 11.3 Å². The van der Waals surface area contributed by atoms with Gasteiger partial charge in [0.1, 0.15) is 11.6 Å². The van der Waals surface area contributed by atoms with Gasteiger partial charge in [-0.05, 0) is 49.2 Å². The third-order valence-electron chi connectivity index (χ3n) is 4.88. The van der Waals surface area contributed by atoms with Gasteiger partial charge < -0.3 is 5.73 Å². The van der Waals surface area contributed by atoms with Crippen LogP contribution >= 0.6 is 0 Å². The molecule has 0 amide bonds. The molecule has 4 nitrogen and oxygen atoms in total. The molecule has 4 rings (SSSR count). The van der Waals surface area contributed by atoms with E-state index in [0.29, 0.717) is 22.6 Å². The third-order valence-corrected chi connectivity index (χ3v) is 4.88. The predicted octanol–water partition coefficient (Wildman–Crippen LogP) is 4.07. The molecular weight excluding hydrogens is 334 g/mol. The molecule has 2 aromatic heterocycles. The third kappa shape index (κ3) is 2.92. The van der Waals surface area contributed by atoms with E-state index in [-0.39, 0.29) is 11.5 Å². The normalized spacial score (nSPS) is 15.5. The van der Waals surface area contributed by atoms with E-state index in [9.17, 15) is 8.78 Å². The smallest absolute Gasteiger partial charge is 0.146 e. The number of hydrogen-bond donors (Lipinski definition) is 1. The highest BCUT2D eigenvalue weighted by Crippen LogP contribution is 2.47. The number of pyridine rings is 1. The zero-order valence-electron chi connectivity index (χ0n) is 14.0. The molecule has 0 bridgehead atoms. The molecular formula is C20H17F2N4. The van der Waals surface area contributed by atoms with Gasteiger partial charge in [0.2, 0.25) is 0 Å². The SMILES string of the molecule is Nc1ccc(-c2ccc([CH]C3(c4ncccc4F)CCC3)nn2)cc1F. The van der Waals surface area contributed by atoms with E-state index in [1.807, 2.05) is 6.42 Å². The van der Waals surface area contributed by atoms with Crippen LogP contribution in [0.5, 0.6) is 0 Å². The molecule has 0 unspecified atom stereocenters. The lowest BCUT2D eigenvalue weighted by atomic mass is 9.63. The number of anilines is 1. The molecule has 0 saturated heterocycles. The molecule has 0 atom stereocenters. The van der Waals surface area contributed by atoms with Crippen molar-refractivity contribution in [1.82, 2.24) is 15.2 Å². The Hall–Kier alpha value is -2.89. The maximum atomic E-state index is 14.2. The Morgan fingerprint density at radius 1 is 1.00 bits per heavy atom. The van der Waals surface area contributed by atoms with E-state index >= 15 is 0 Å². The standard InChI is InChI=1S/C20H17F2N4/c21-15-3-1-10-24-19(15)20(8-2-9-20)12-14-5-7-18(26-25-14)13-4-6-17(23)16(22)11-13/h1,3-7,10-12H,2,8-9,23H2. The molecule has 0 aliphatic heterocycles. The number of nitrogens with two attached hydrogens (primary N) is 1. The Balaban J connectivity index is 1.59. The maximum absolute atomic E-state index is 14.2. The molecule has 3 aromatic rings. The van der Waals surface area contributed by atoms with Crippen LogP contribution in [-0.4, -0.2) is 15.2 Å². The highest BCUT2D eigenvalue weighted by atomic mass is 19.1. The van der Waals surface area contributed by atoms with Gasteiger partial charge in [0.05, 0.1) is 22.8 Å². The molecule has 0 spiro atoms. The highest BCUT2D eigenvalue weighted by Gasteiger charge is 2.42. The number of halogens is 2. The van der Waals surface area contributed by atoms with Gasteiger partial charge in [0.15, 0.2) is 0 Å². The minimum absolute atomic E-state index is 0.0935. The monoisotopic (exact) mass is 351 g/mol. The Labute approximate surface area is 150 Å². The van der Waals surface area contributed by atoms with Gasteiger partial charge in [-0.2, -0.15) is 10.2 Å². The van der Waals surface area contributed by atoms with Gasteiger partial charge in [-0.25, -0.2) is 8.78 Å². The number of nitrogen functional groups attached to an aromatic ring is 1. The van der Waals surface area contributed by atoms with Crippen LogP contribution in [0, 0.1) is 18.1 Å². The molecule has 131 valence electrons. The first kappa shape index (κ1) is 16.6. The van der Waals surface area contributed by atoms with Crippen LogP contribution in [0.2, 0.25) is 0 Å². The second kappa shape index (κ2) is 6.44. The van der Waals surface area contributed by atoms with Crippen LogP contribution in [0.25, 0.3) is 11.3 Å². The van der Waals surface area contributed by atoms with Crippen molar-refractivity contribution < 1.29 is 8.78 Å². The summed E-state index contributed by atoms with van der Waals surface area (Å²) in [7, 11) is 0. The van der Waals surface area contributed by atoms with Crippen molar-refractivity contribution in [2.75, 3.05) is 5.73 Å². The van der Waals surface area contributed by atoms with Gasteiger partial charge in [0.25, 0.3) is 0 Å². The zero-order chi connectivity index (χ0) is 18.1. The van der Waals surface area contributed by atoms with Crippen molar-refractivity contribution >= 4 is 5.69 Å². The number of aromatic nitrogens is 3. The van der Waals surface area contributed by atoms with E-state index in [2.05, 4.69) is 15.2 Å². The van der Waals surface area contributed by atoms with E-state index in [0.717, 1.165) is 19.3 Å². The predicted molar refractivity (Wildman–Crippen MR) is 95.0 cm³/mol. The molecule has 6 heteroatoms. The van der Waals surface area contributed by atoms with Crippen LogP contribution < -0.4 is 5.73 Å². The van der Waals surface area contributed by atoms with E-state index in [1.54, 1.807) is 30.5 Å². The average molecular weight is 351 g/mol. The van der Waals surface area contributed by atoms with Crippen LogP contribution in [0.4, 0.5) is 14.5 Å². The topological polar surface area (TPSA) is 64.7 Å². The number of hydrogen-bond acceptors (Lipinski definition) is 4. The maximum Gasteiger partial charge on any atom is 0.146 e. The Morgan fingerprint density at radius 3 is 2.46 bits per heavy atom. The largest absolute Gasteiger partial charge is 0.396 e. The minimum Gasteiger partial charge on any atom is -0.396 e. The number of nitrogens with zero attached hydrogens (tertiary/aromatic N) is 3. The molecule has 26 heavy (non-hydrogen) atoms. The second-order valence-electron chi connectivity index (χ2n) is 6.57. The fourth-order valence-corrected chi connectivity index (χ4v) is 3.30. The fourth-order valence-electron chi connectivity index (χ4n) is 3.30. The molecule has 1 saturated carbocycles. The quantitative estimate of drug-likeness (QED) is 0.720. The summed E-state index contributed by atoms with van der Waals surface area (Å²) < 4.78 is 27.8. The van der Waals surface area contributed by atoms with Crippen molar-refractivity contribution in [3.63, 3.8) is 0 Å². The summed E-state index contributed by atoms with van der Waals surface area (Å²) in [4.78, 5) is 4.24. The van der Waals surface area contributed by atoms with Crippen LogP contribution in [0.3, 0.4) is 0 Å². The molecule has 1 aliphatic carbocycles. The summed E-state index contributed by atoms with van der Waals surface area (Å²) in [6.45, 7) is 0. The summed E-state index contributed by atoms with van der Waals surface area (Å²) >= 11 is 0. The van der Waals surface area contributed by atoms with Gasteiger partial charge in [-0.3, -0.25) is 4.98 Å². The van der Waals surface area contributed by atoms with Crippen LogP contribution in [0.15, 0.2) is 48.7 Å². The van der Waals surface area contributed by atoms with Crippen LogP contribution in [-0.2, 0) is 5.41 Å². The average Bonchev–Trinajstić information content (AvgIpc) is 2.62. The number of benzene rings is 1. The van der Waals surface area contributed by atoms with E-state index in [4.69, 9.17) is 5.73 Å². The van der Waals surface area contributed by atoms with Crippen molar-refractivity contribution in [1.29, 1.82) is 0 Å². The Bertz CT molecular complexity index is 937. The van der Waals surface area contributed by atoms with Crippen molar-refractivity contribution in [3.05, 3.63) is 78.1 Å². The Morgan fingerprint density at radius 2 is 1.85 bits per heavy atom. The zero-order valence-corrected chi connectivity index (χ0v) is 14.0. The summed E-state index contributed by atoms with van der Waals surface area (Å²) in [6.07, 6.45) is 6.21. The minimum atomic E-state index is -0.487. The first-order valence-electron chi connectivity index (χ1n) is 8.43. The summed E-state index contributed by atoms with van der Waals surface area (Å²) in [5, 5.41) is 8.40. The lowest BCUT2D eigenvalue weighted by Gasteiger charge is -2.41. The lowest BCUT2D eigenvalue weighted by Crippen LogP contribution is -2.37. The second-order valence-corrected chi connectivity index (χ2v) is 6.57. The van der Waals surface area contributed by atoms with Gasteiger partial charge in [-0.15, -0.1) is 0 Å². The summed E-state index contributed by atoms with van der Waals surface area (Å²) in [6, 6.07) is 11.1. The van der Waals surface area contributed by atoms with Crippen LogP contribution in [0.1, 0.15) is 30.7 Å². The molecule has 1 aliphatic rings. The van der Waals surface area contributed by atoms with E-state index < -0.39 is 11.2 Å². The lowest BCUT2D eigenvalue weighted by molar-refractivity contribution is 0.274. The van der Waals surface area contributed by atoms with Crippen molar-refractivity contribution in [2.45, 2.75) is 24.7 Å². The fraction of sp³-hybridized carbons (Fsp3) is 0.200. The van der Waals surface area contributed by atoms with Gasteiger partial charge in [0, 0.05) is 23.6 Å². The first-order valence-corrected chi connectivity index (χ1v) is 8.43.